The van der Waals surface area contributed by atoms with Crippen LogP contribution < -0.4 is 10.6 Å². The zero-order chi connectivity index (χ0) is 28.3. The topological polar surface area (TPSA) is 108 Å². The van der Waals surface area contributed by atoms with Crippen molar-refractivity contribution in [3.63, 3.8) is 0 Å². The molecular formula is C30H39N3O5. The van der Waals surface area contributed by atoms with Gasteiger partial charge in [0.15, 0.2) is 0 Å². The fourth-order valence-corrected chi connectivity index (χ4v) is 3.97. The normalized spacial score (nSPS) is 13.4. The molecule has 0 saturated carbocycles. The van der Waals surface area contributed by atoms with Crippen LogP contribution in [-0.4, -0.2) is 52.7 Å². The van der Waals surface area contributed by atoms with Gasteiger partial charge in [-0.1, -0.05) is 74.7 Å². The molecule has 0 saturated heterocycles. The molecule has 3 unspecified atom stereocenters. The molecule has 3 atom stereocenters. The fraction of sp³-hybridized carbons (Fsp3) is 0.433. The molecule has 38 heavy (non-hydrogen) atoms. The number of hydrogen-bond donors (Lipinski definition) is 3. The number of aliphatic hydroxyl groups is 1. The van der Waals surface area contributed by atoms with Crippen LogP contribution in [-0.2, 0) is 20.9 Å². The van der Waals surface area contributed by atoms with Gasteiger partial charge in [-0.05, 0) is 43.9 Å². The highest BCUT2D eigenvalue weighted by Gasteiger charge is 2.38. The molecule has 3 amide bonds. The second-order valence-electron chi connectivity index (χ2n) is 10.1. The van der Waals surface area contributed by atoms with Gasteiger partial charge in [-0.15, -0.1) is 6.42 Å². The highest BCUT2D eigenvalue weighted by molar-refractivity contribution is 5.92. The lowest BCUT2D eigenvalue weighted by Crippen LogP contribution is -2.55. The number of aliphatic hydroxyl groups excluding tert-OH is 1. The predicted octanol–water partition coefficient (Wildman–Crippen LogP) is 3.79. The van der Waals surface area contributed by atoms with E-state index in [0.29, 0.717) is 17.5 Å². The maximum Gasteiger partial charge on any atom is 0.408 e. The largest absolute Gasteiger partial charge is 0.444 e. The Morgan fingerprint density at radius 2 is 1.71 bits per heavy atom. The van der Waals surface area contributed by atoms with E-state index in [9.17, 15) is 19.5 Å². The highest BCUT2D eigenvalue weighted by atomic mass is 16.6. The van der Waals surface area contributed by atoms with Crippen molar-refractivity contribution in [1.82, 2.24) is 15.5 Å². The number of ether oxygens (including phenoxy) is 1. The van der Waals surface area contributed by atoms with Crippen LogP contribution in [0.5, 0.6) is 0 Å². The van der Waals surface area contributed by atoms with Gasteiger partial charge in [0.05, 0.1) is 6.61 Å². The Bertz CT molecular complexity index is 1120. The molecule has 0 radical (unpaired) electrons. The Balaban J connectivity index is 2.50. The number of terminal acetylenes is 1. The van der Waals surface area contributed by atoms with Gasteiger partial charge >= 0.3 is 6.09 Å². The Morgan fingerprint density at radius 1 is 1.08 bits per heavy atom. The second kappa shape index (κ2) is 14.2. The average Bonchev–Trinajstić information content (AvgIpc) is 2.89. The van der Waals surface area contributed by atoms with Crippen molar-refractivity contribution in [3.8, 4) is 12.3 Å². The molecule has 0 fully saturated rings. The molecule has 0 aliphatic rings. The summed E-state index contributed by atoms with van der Waals surface area (Å²) < 4.78 is 5.39. The van der Waals surface area contributed by atoms with Gasteiger partial charge in [0, 0.05) is 18.7 Å². The molecule has 0 heterocycles. The molecule has 0 aliphatic heterocycles. The van der Waals surface area contributed by atoms with Crippen LogP contribution in [0.15, 0.2) is 54.6 Å². The molecular weight excluding hydrogens is 482 g/mol. The van der Waals surface area contributed by atoms with Crippen molar-refractivity contribution in [2.75, 3.05) is 13.2 Å². The number of hydrogen-bond acceptors (Lipinski definition) is 5. The molecule has 0 aliphatic carbocycles. The van der Waals surface area contributed by atoms with Crippen molar-refractivity contribution >= 4 is 17.9 Å². The summed E-state index contributed by atoms with van der Waals surface area (Å²) in [5, 5.41) is 15.5. The minimum Gasteiger partial charge on any atom is -0.444 e. The number of rotatable bonds is 11. The first-order valence-corrected chi connectivity index (χ1v) is 12.8. The molecule has 0 spiro atoms. The molecule has 2 rings (SSSR count). The molecule has 2 aromatic carbocycles. The Hall–Kier alpha value is -3.83. The van der Waals surface area contributed by atoms with Gasteiger partial charge in [0.2, 0.25) is 11.8 Å². The lowest BCUT2D eigenvalue weighted by atomic mass is 9.94. The summed E-state index contributed by atoms with van der Waals surface area (Å²) in [7, 11) is 0. The fourth-order valence-electron chi connectivity index (χ4n) is 3.97. The average molecular weight is 522 g/mol. The first-order chi connectivity index (χ1) is 18.0. The van der Waals surface area contributed by atoms with Crippen LogP contribution in [0.4, 0.5) is 4.79 Å². The summed E-state index contributed by atoms with van der Waals surface area (Å²) in [6.07, 6.45) is 5.58. The van der Waals surface area contributed by atoms with Crippen molar-refractivity contribution in [2.24, 2.45) is 5.92 Å². The summed E-state index contributed by atoms with van der Waals surface area (Å²) in [5.41, 5.74) is 1.02. The number of nitrogens with one attached hydrogen (secondary N) is 2. The molecule has 3 N–H and O–H groups in total. The molecule has 0 bridgehead atoms. The standard InChI is InChI=1S/C30H39N3O5/c1-7-21(3)25(32-29(37)38-30(4,5)6)28(36)33(18-19-34)26(24-17-13-12-16-23(24)8-2)27(35)31-20-22-14-10-9-11-15-22/h2,9-17,21,25-26,34H,7,18-20H2,1,3-6H3,(H,31,35)(H,32,37). The van der Waals surface area contributed by atoms with E-state index in [2.05, 4.69) is 16.6 Å². The zero-order valence-corrected chi connectivity index (χ0v) is 22.9. The first kappa shape index (κ1) is 30.4. The summed E-state index contributed by atoms with van der Waals surface area (Å²) in [5.74, 6) is 1.32. The lowest BCUT2D eigenvalue weighted by molar-refractivity contribution is -0.144. The minimum atomic E-state index is -1.14. The Labute approximate surface area is 225 Å². The van der Waals surface area contributed by atoms with E-state index < -0.39 is 42.2 Å². The lowest BCUT2D eigenvalue weighted by Gasteiger charge is -2.36. The van der Waals surface area contributed by atoms with Crippen molar-refractivity contribution in [1.29, 1.82) is 0 Å². The van der Waals surface area contributed by atoms with E-state index in [4.69, 9.17) is 11.2 Å². The van der Waals surface area contributed by atoms with Crippen molar-refractivity contribution in [3.05, 3.63) is 71.3 Å². The molecule has 8 nitrogen and oxygen atoms in total. The maximum atomic E-state index is 14.0. The summed E-state index contributed by atoms with van der Waals surface area (Å²) in [6, 6.07) is 14.1. The number of amides is 3. The van der Waals surface area contributed by atoms with E-state index in [0.717, 1.165) is 5.56 Å². The van der Waals surface area contributed by atoms with Gasteiger partial charge in [-0.25, -0.2) is 4.79 Å². The number of nitrogens with zero attached hydrogens (tertiary/aromatic N) is 1. The van der Waals surface area contributed by atoms with Gasteiger partial charge < -0.3 is 25.4 Å². The third-order valence-electron chi connectivity index (χ3n) is 6.06. The third kappa shape index (κ3) is 8.63. The van der Waals surface area contributed by atoms with E-state index in [1.807, 2.05) is 44.2 Å². The van der Waals surface area contributed by atoms with E-state index in [-0.39, 0.29) is 19.0 Å². The molecule has 8 heteroatoms. The summed E-state index contributed by atoms with van der Waals surface area (Å²) >= 11 is 0. The van der Waals surface area contributed by atoms with Crippen LogP contribution in [0.1, 0.15) is 63.8 Å². The third-order valence-corrected chi connectivity index (χ3v) is 6.06. The smallest absolute Gasteiger partial charge is 0.408 e. The van der Waals surface area contributed by atoms with Crippen LogP contribution >= 0.6 is 0 Å². The Morgan fingerprint density at radius 3 is 2.29 bits per heavy atom. The number of carbonyl (C=O) groups excluding carboxylic acids is 3. The summed E-state index contributed by atoms with van der Waals surface area (Å²) in [6.45, 7) is 8.61. The second-order valence-corrected chi connectivity index (χ2v) is 10.1. The van der Waals surface area contributed by atoms with Crippen molar-refractivity contribution in [2.45, 2.75) is 65.3 Å². The van der Waals surface area contributed by atoms with E-state index in [1.54, 1.807) is 45.0 Å². The molecule has 204 valence electrons. The van der Waals surface area contributed by atoms with Gasteiger partial charge in [0.1, 0.15) is 17.7 Å². The van der Waals surface area contributed by atoms with Gasteiger partial charge in [0.25, 0.3) is 0 Å². The van der Waals surface area contributed by atoms with Crippen LogP contribution in [0, 0.1) is 18.3 Å². The first-order valence-electron chi connectivity index (χ1n) is 12.8. The molecule has 0 aromatic heterocycles. The number of alkyl carbamates (subject to hydrolysis) is 1. The number of carbonyl (C=O) groups is 3. The monoisotopic (exact) mass is 521 g/mol. The quantitative estimate of drug-likeness (QED) is 0.390. The van der Waals surface area contributed by atoms with Crippen LogP contribution in [0.25, 0.3) is 0 Å². The predicted molar refractivity (Wildman–Crippen MR) is 147 cm³/mol. The highest BCUT2D eigenvalue weighted by Crippen LogP contribution is 2.27. The number of benzene rings is 2. The van der Waals surface area contributed by atoms with E-state index in [1.165, 1.54) is 4.90 Å². The van der Waals surface area contributed by atoms with Crippen LogP contribution in [0.3, 0.4) is 0 Å². The van der Waals surface area contributed by atoms with Crippen LogP contribution in [0.2, 0.25) is 0 Å². The minimum absolute atomic E-state index is 0.149. The maximum absolute atomic E-state index is 14.0. The van der Waals surface area contributed by atoms with Gasteiger partial charge in [-0.3, -0.25) is 9.59 Å². The Kier molecular flexibility index (Phi) is 11.4. The van der Waals surface area contributed by atoms with Gasteiger partial charge in [-0.2, -0.15) is 0 Å². The SMILES string of the molecule is C#Cc1ccccc1C(C(=O)NCc1ccccc1)N(CCO)C(=O)C(NC(=O)OC(C)(C)C)C(C)CC. The van der Waals surface area contributed by atoms with E-state index >= 15 is 0 Å². The van der Waals surface area contributed by atoms with Crippen molar-refractivity contribution < 1.29 is 24.2 Å². The zero-order valence-electron chi connectivity index (χ0n) is 22.9. The summed E-state index contributed by atoms with van der Waals surface area (Å²) in [4.78, 5) is 41.7. The molecule has 2 aromatic rings.